The van der Waals surface area contributed by atoms with Gasteiger partial charge in [0.15, 0.2) is 0 Å². The summed E-state index contributed by atoms with van der Waals surface area (Å²) >= 11 is 1.25. The van der Waals surface area contributed by atoms with E-state index in [0.717, 1.165) is 22.0 Å². The molecule has 0 spiro atoms. The zero-order chi connectivity index (χ0) is 15.4. The maximum absolute atomic E-state index is 10.8. The Bertz CT molecular complexity index is 652. The molecule has 0 aliphatic carbocycles. The predicted octanol–water partition coefficient (Wildman–Crippen LogP) is 2.81. The van der Waals surface area contributed by atoms with Crippen molar-refractivity contribution in [2.75, 3.05) is 12.9 Å². The van der Waals surface area contributed by atoms with Gasteiger partial charge < -0.3 is 9.84 Å². The van der Waals surface area contributed by atoms with Gasteiger partial charge >= 0.3 is 5.97 Å². The van der Waals surface area contributed by atoms with E-state index in [9.17, 15) is 4.79 Å². The van der Waals surface area contributed by atoms with Crippen molar-refractivity contribution in [1.29, 1.82) is 0 Å². The van der Waals surface area contributed by atoms with Crippen LogP contribution in [0.25, 0.3) is 5.69 Å². The molecule has 1 aromatic carbocycles. The quantitative estimate of drug-likeness (QED) is 0.831. The van der Waals surface area contributed by atoms with Gasteiger partial charge in [0.1, 0.15) is 5.03 Å². The molecule has 0 unspecified atom stereocenters. The number of aryl methyl sites for hydroxylation is 2. The molecule has 2 rings (SSSR count). The summed E-state index contributed by atoms with van der Waals surface area (Å²) in [5, 5.41) is 14.2. The average molecular weight is 306 g/mol. The number of hydrogen-bond donors (Lipinski definition) is 1. The molecule has 1 aromatic heterocycles. The summed E-state index contributed by atoms with van der Waals surface area (Å²) < 4.78 is 6.89. The highest BCUT2D eigenvalue weighted by molar-refractivity contribution is 7.99. The number of carbonyl (C=O) groups is 1. The Morgan fingerprint density at radius 3 is 2.76 bits per heavy atom. The first-order valence-electron chi connectivity index (χ1n) is 6.51. The molecule has 0 saturated heterocycles. The van der Waals surface area contributed by atoms with Gasteiger partial charge in [0.2, 0.25) is 0 Å². The van der Waals surface area contributed by atoms with Crippen LogP contribution in [0.2, 0.25) is 0 Å². The first kappa shape index (κ1) is 15.6. The smallest absolute Gasteiger partial charge is 0.313 e. The van der Waals surface area contributed by atoms with Crippen LogP contribution in [-0.4, -0.2) is 33.7 Å². The highest BCUT2D eigenvalue weighted by Gasteiger charge is 2.13. The van der Waals surface area contributed by atoms with Gasteiger partial charge in [-0.3, -0.25) is 4.79 Å². The number of thioether (sulfide) groups is 1. The second kappa shape index (κ2) is 6.78. The minimum absolute atomic E-state index is 0.00300. The maximum atomic E-state index is 10.8. The van der Waals surface area contributed by atoms with Crippen LogP contribution in [0.5, 0.6) is 0 Å². The normalized spacial score (nSPS) is 10.8. The second-order valence-corrected chi connectivity index (χ2v) is 5.79. The van der Waals surface area contributed by atoms with Crippen molar-refractivity contribution in [1.82, 2.24) is 9.78 Å². The minimum atomic E-state index is -0.846. The molecule has 5 nitrogen and oxygen atoms in total. The topological polar surface area (TPSA) is 64.3 Å². The fourth-order valence-electron chi connectivity index (χ4n) is 2.08. The van der Waals surface area contributed by atoms with Crippen LogP contribution in [0.3, 0.4) is 0 Å². The number of carboxylic acid groups (broad SMARTS) is 1. The van der Waals surface area contributed by atoms with Crippen molar-refractivity contribution in [3.8, 4) is 5.69 Å². The fourth-order valence-corrected chi connectivity index (χ4v) is 2.83. The highest BCUT2D eigenvalue weighted by atomic mass is 32.2. The van der Waals surface area contributed by atoms with Crippen LogP contribution >= 0.6 is 11.8 Å². The molecule has 0 fully saturated rings. The number of nitrogens with zero attached hydrogens (tertiary/aromatic N) is 2. The minimum Gasteiger partial charge on any atom is -0.481 e. The van der Waals surface area contributed by atoms with E-state index in [1.165, 1.54) is 17.3 Å². The number of methoxy groups -OCH3 is 1. The molecule has 0 saturated carbocycles. The molecule has 0 amide bonds. The Morgan fingerprint density at radius 1 is 1.38 bits per heavy atom. The van der Waals surface area contributed by atoms with Gasteiger partial charge in [0.05, 0.1) is 23.7 Å². The van der Waals surface area contributed by atoms with Gasteiger partial charge in [0.25, 0.3) is 0 Å². The second-order valence-electron chi connectivity index (χ2n) is 4.79. The number of ether oxygens (including phenoxy) is 1. The van der Waals surface area contributed by atoms with Crippen LogP contribution in [0, 0.1) is 13.8 Å². The molecule has 6 heteroatoms. The third-order valence-corrected chi connectivity index (χ3v) is 3.92. The first-order chi connectivity index (χ1) is 10.0. The molecule has 0 aliphatic rings. The van der Waals surface area contributed by atoms with Gasteiger partial charge in [-0.25, -0.2) is 4.68 Å². The van der Waals surface area contributed by atoms with E-state index in [1.807, 2.05) is 32.0 Å². The molecule has 1 N–H and O–H groups in total. The molecular weight excluding hydrogens is 288 g/mol. The summed E-state index contributed by atoms with van der Waals surface area (Å²) in [6.07, 6.45) is 0. The van der Waals surface area contributed by atoms with E-state index >= 15 is 0 Å². The van der Waals surface area contributed by atoms with Crippen LogP contribution in [0.1, 0.15) is 16.8 Å². The molecule has 112 valence electrons. The predicted molar refractivity (Wildman–Crippen MR) is 82.1 cm³/mol. The van der Waals surface area contributed by atoms with Crippen molar-refractivity contribution < 1.29 is 14.6 Å². The molecule has 0 atom stereocenters. The van der Waals surface area contributed by atoms with E-state index in [1.54, 1.807) is 11.8 Å². The standard InChI is InChI=1S/C15H18N2O3S/c1-10-4-5-13(11(2)6-10)17-14(21-9-15(18)19)7-12(16-17)8-20-3/h4-7H,8-9H2,1-3H3,(H,18,19). The summed E-state index contributed by atoms with van der Waals surface area (Å²) in [6.45, 7) is 4.46. The SMILES string of the molecule is COCc1cc(SCC(=O)O)n(-c2ccc(C)cc2C)n1. The van der Waals surface area contributed by atoms with Crippen LogP contribution in [0.4, 0.5) is 0 Å². The Balaban J connectivity index is 2.41. The third-order valence-electron chi connectivity index (χ3n) is 2.94. The molecular formula is C15H18N2O3S. The summed E-state index contributed by atoms with van der Waals surface area (Å²) in [4.78, 5) is 10.8. The lowest BCUT2D eigenvalue weighted by atomic mass is 10.1. The van der Waals surface area contributed by atoms with E-state index < -0.39 is 5.97 Å². The number of aromatic nitrogens is 2. The number of rotatable bonds is 6. The van der Waals surface area contributed by atoms with Crippen molar-refractivity contribution in [2.45, 2.75) is 25.5 Å². The largest absolute Gasteiger partial charge is 0.481 e. The summed E-state index contributed by atoms with van der Waals surface area (Å²) in [5.74, 6) is -0.843. The van der Waals surface area contributed by atoms with E-state index in [2.05, 4.69) is 11.2 Å². The molecule has 0 radical (unpaired) electrons. The molecule has 2 aromatic rings. The zero-order valence-corrected chi connectivity index (χ0v) is 13.1. The van der Waals surface area contributed by atoms with Gasteiger partial charge in [-0.15, -0.1) is 0 Å². The third kappa shape index (κ3) is 3.86. The number of benzene rings is 1. The molecule has 0 aliphatic heterocycles. The van der Waals surface area contributed by atoms with Crippen LogP contribution < -0.4 is 0 Å². The lowest BCUT2D eigenvalue weighted by Crippen LogP contribution is -2.04. The van der Waals surface area contributed by atoms with E-state index in [4.69, 9.17) is 9.84 Å². The van der Waals surface area contributed by atoms with Gasteiger partial charge in [-0.2, -0.15) is 5.10 Å². The van der Waals surface area contributed by atoms with Crippen molar-refractivity contribution in [3.63, 3.8) is 0 Å². The average Bonchev–Trinajstić information content (AvgIpc) is 2.79. The maximum Gasteiger partial charge on any atom is 0.313 e. The summed E-state index contributed by atoms with van der Waals surface area (Å²) in [5.41, 5.74) is 4.01. The lowest BCUT2D eigenvalue weighted by molar-refractivity contribution is -0.133. The lowest BCUT2D eigenvalue weighted by Gasteiger charge is -2.10. The zero-order valence-electron chi connectivity index (χ0n) is 12.3. The van der Waals surface area contributed by atoms with Crippen LogP contribution in [-0.2, 0) is 16.1 Å². The van der Waals surface area contributed by atoms with Crippen LogP contribution in [0.15, 0.2) is 29.3 Å². The van der Waals surface area contributed by atoms with Crippen molar-refractivity contribution >= 4 is 17.7 Å². The molecule has 0 bridgehead atoms. The van der Waals surface area contributed by atoms with Gasteiger partial charge in [0, 0.05) is 7.11 Å². The number of hydrogen-bond acceptors (Lipinski definition) is 4. The molecule has 21 heavy (non-hydrogen) atoms. The van der Waals surface area contributed by atoms with Gasteiger partial charge in [-0.05, 0) is 31.5 Å². The van der Waals surface area contributed by atoms with Gasteiger partial charge in [-0.1, -0.05) is 29.5 Å². The van der Waals surface area contributed by atoms with E-state index in [-0.39, 0.29) is 5.75 Å². The Kier molecular flexibility index (Phi) is 5.03. The van der Waals surface area contributed by atoms with E-state index in [0.29, 0.717) is 6.61 Å². The highest BCUT2D eigenvalue weighted by Crippen LogP contribution is 2.25. The number of carboxylic acids is 1. The number of aliphatic carboxylic acids is 1. The Morgan fingerprint density at radius 2 is 2.14 bits per heavy atom. The Hall–Kier alpha value is -1.79. The van der Waals surface area contributed by atoms with Crippen molar-refractivity contribution in [3.05, 3.63) is 41.1 Å². The molecule has 1 heterocycles. The Labute approximate surface area is 127 Å². The monoisotopic (exact) mass is 306 g/mol. The fraction of sp³-hybridized carbons (Fsp3) is 0.333. The first-order valence-corrected chi connectivity index (χ1v) is 7.50. The summed E-state index contributed by atoms with van der Waals surface area (Å²) in [6, 6.07) is 7.97. The summed E-state index contributed by atoms with van der Waals surface area (Å²) in [7, 11) is 1.61. The van der Waals surface area contributed by atoms with Crippen molar-refractivity contribution in [2.24, 2.45) is 0 Å².